The van der Waals surface area contributed by atoms with Crippen LogP contribution < -0.4 is 5.46 Å². The maximum atomic E-state index is 12.8. The fraction of sp³-hybridized carbons (Fsp3) is 0.588. The van der Waals surface area contributed by atoms with Crippen molar-refractivity contribution in [1.82, 2.24) is 4.90 Å². The first-order valence-electron chi connectivity index (χ1n) is 8.63. The maximum Gasteiger partial charge on any atom is 0.495 e. The molecule has 0 spiro atoms. The van der Waals surface area contributed by atoms with Crippen LogP contribution in [0.4, 0.5) is 5.69 Å². The van der Waals surface area contributed by atoms with E-state index in [1.54, 1.807) is 11.0 Å². The minimum Gasteiger partial charge on any atom is -0.399 e. The van der Waals surface area contributed by atoms with Gasteiger partial charge < -0.3 is 18.9 Å². The molecule has 0 radical (unpaired) electrons. The Kier molecular flexibility index (Phi) is 4.81. The number of amides is 1. The van der Waals surface area contributed by atoms with E-state index in [-0.39, 0.29) is 17.2 Å². The Morgan fingerprint density at radius 3 is 2.23 bits per heavy atom. The van der Waals surface area contributed by atoms with Crippen molar-refractivity contribution in [3.63, 3.8) is 0 Å². The average Bonchev–Trinajstić information content (AvgIpc) is 2.82. The topological polar surface area (TPSA) is 91.1 Å². The number of ether oxygens (including phenoxy) is 1. The minimum absolute atomic E-state index is 0.158. The SMILES string of the molecule is CC1(C)OB(c2cc(C(=O)N3CCOCC3)cc([N+](=O)[O-])c2)OC1(C)C. The second-order valence-corrected chi connectivity index (χ2v) is 7.56. The van der Waals surface area contributed by atoms with Crippen LogP contribution in [0.2, 0.25) is 0 Å². The van der Waals surface area contributed by atoms with Crippen molar-refractivity contribution in [2.45, 2.75) is 38.9 Å². The second kappa shape index (κ2) is 6.64. The number of nitrogens with zero attached hydrogens (tertiary/aromatic N) is 2. The molecule has 26 heavy (non-hydrogen) atoms. The van der Waals surface area contributed by atoms with Gasteiger partial charge in [-0.2, -0.15) is 0 Å². The fourth-order valence-electron chi connectivity index (χ4n) is 2.93. The predicted molar refractivity (Wildman–Crippen MR) is 95.5 cm³/mol. The summed E-state index contributed by atoms with van der Waals surface area (Å²) in [5.74, 6) is -0.255. The van der Waals surface area contributed by atoms with Gasteiger partial charge in [0, 0.05) is 30.8 Å². The molecule has 0 saturated carbocycles. The van der Waals surface area contributed by atoms with Crippen molar-refractivity contribution >= 4 is 24.2 Å². The predicted octanol–water partition coefficient (Wildman–Crippen LogP) is 1.37. The molecule has 0 aromatic heterocycles. The summed E-state index contributed by atoms with van der Waals surface area (Å²) in [6.45, 7) is 9.48. The summed E-state index contributed by atoms with van der Waals surface area (Å²) in [6.07, 6.45) is 0. The number of carbonyl (C=O) groups is 1. The molecular weight excluding hydrogens is 339 g/mol. The van der Waals surface area contributed by atoms with Gasteiger partial charge in [0.05, 0.1) is 29.3 Å². The molecule has 0 aliphatic carbocycles. The molecular formula is C17H23BN2O6. The first-order chi connectivity index (χ1) is 12.1. The number of hydrogen-bond donors (Lipinski definition) is 0. The quantitative estimate of drug-likeness (QED) is 0.458. The van der Waals surface area contributed by atoms with Gasteiger partial charge in [-0.15, -0.1) is 0 Å². The zero-order valence-corrected chi connectivity index (χ0v) is 15.5. The maximum absolute atomic E-state index is 12.8. The van der Waals surface area contributed by atoms with Gasteiger partial charge in [-0.3, -0.25) is 14.9 Å². The van der Waals surface area contributed by atoms with E-state index < -0.39 is 23.2 Å². The molecule has 140 valence electrons. The Labute approximate surface area is 152 Å². The molecule has 8 nitrogen and oxygen atoms in total. The summed E-state index contributed by atoms with van der Waals surface area (Å²) in [7, 11) is -0.767. The summed E-state index contributed by atoms with van der Waals surface area (Å²) in [6, 6.07) is 4.32. The third-order valence-electron chi connectivity index (χ3n) is 5.22. The molecule has 9 heteroatoms. The fourth-order valence-corrected chi connectivity index (χ4v) is 2.93. The largest absolute Gasteiger partial charge is 0.495 e. The van der Waals surface area contributed by atoms with Gasteiger partial charge >= 0.3 is 7.12 Å². The summed E-state index contributed by atoms with van der Waals surface area (Å²) < 4.78 is 17.2. The highest BCUT2D eigenvalue weighted by Crippen LogP contribution is 2.36. The van der Waals surface area contributed by atoms with Gasteiger partial charge in [0.25, 0.3) is 11.6 Å². The Bertz CT molecular complexity index is 714. The molecule has 2 fully saturated rings. The first-order valence-corrected chi connectivity index (χ1v) is 8.63. The lowest BCUT2D eigenvalue weighted by molar-refractivity contribution is -0.384. The molecule has 0 unspecified atom stereocenters. The number of benzene rings is 1. The molecule has 2 heterocycles. The second-order valence-electron chi connectivity index (χ2n) is 7.56. The van der Waals surface area contributed by atoms with Crippen LogP contribution in [-0.2, 0) is 14.0 Å². The zero-order chi connectivity index (χ0) is 19.1. The third-order valence-corrected chi connectivity index (χ3v) is 5.22. The van der Waals surface area contributed by atoms with E-state index in [0.717, 1.165) is 0 Å². The van der Waals surface area contributed by atoms with Crippen LogP contribution in [0.3, 0.4) is 0 Å². The van der Waals surface area contributed by atoms with Crippen molar-refractivity contribution in [1.29, 1.82) is 0 Å². The number of carbonyl (C=O) groups excluding carboxylic acids is 1. The highest BCUT2D eigenvalue weighted by atomic mass is 16.7. The Morgan fingerprint density at radius 1 is 1.12 bits per heavy atom. The lowest BCUT2D eigenvalue weighted by Crippen LogP contribution is -2.41. The van der Waals surface area contributed by atoms with E-state index >= 15 is 0 Å². The third kappa shape index (κ3) is 3.47. The summed E-state index contributed by atoms with van der Waals surface area (Å²) >= 11 is 0. The lowest BCUT2D eigenvalue weighted by Gasteiger charge is -2.32. The van der Waals surface area contributed by atoms with Gasteiger partial charge in [0.15, 0.2) is 0 Å². The number of nitro groups is 1. The zero-order valence-electron chi connectivity index (χ0n) is 15.5. The number of rotatable bonds is 3. The summed E-state index contributed by atoms with van der Waals surface area (Å²) in [5.41, 5.74) is -0.582. The molecule has 3 rings (SSSR count). The van der Waals surface area contributed by atoms with Crippen molar-refractivity contribution in [3.8, 4) is 0 Å². The number of morpholine rings is 1. The van der Waals surface area contributed by atoms with Crippen molar-refractivity contribution in [3.05, 3.63) is 33.9 Å². The first kappa shape index (κ1) is 18.8. The van der Waals surface area contributed by atoms with Gasteiger partial charge in [0.1, 0.15) is 0 Å². The Hall–Kier alpha value is -1.97. The van der Waals surface area contributed by atoms with Crippen LogP contribution in [0.15, 0.2) is 18.2 Å². The molecule has 0 bridgehead atoms. The van der Waals surface area contributed by atoms with E-state index in [1.807, 2.05) is 27.7 Å². The van der Waals surface area contributed by atoms with Crippen LogP contribution in [-0.4, -0.2) is 60.4 Å². The number of hydrogen-bond acceptors (Lipinski definition) is 6. The van der Waals surface area contributed by atoms with Crippen molar-refractivity contribution in [2.24, 2.45) is 0 Å². The van der Waals surface area contributed by atoms with Crippen LogP contribution in [0.25, 0.3) is 0 Å². The molecule has 1 aromatic carbocycles. The molecule has 0 atom stereocenters. The highest BCUT2D eigenvalue weighted by Gasteiger charge is 2.52. The van der Waals surface area contributed by atoms with Crippen LogP contribution in [0.5, 0.6) is 0 Å². The van der Waals surface area contributed by atoms with Crippen LogP contribution in [0, 0.1) is 10.1 Å². The standard InChI is InChI=1S/C17H23BN2O6/c1-16(2)17(3,4)26-18(25-16)13-9-12(10-14(11-13)20(22)23)15(21)19-5-7-24-8-6-19/h9-11H,5-8H2,1-4H3. The van der Waals surface area contributed by atoms with Gasteiger partial charge in [0.2, 0.25) is 0 Å². The van der Waals surface area contributed by atoms with Crippen molar-refractivity contribution in [2.75, 3.05) is 26.3 Å². The van der Waals surface area contributed by atoms with Crippen LogP contribution in [0.1, 0.15) is 38.1 Å². The normalized spacial score (nSPS) is 21.7. The van der Waals surface area contributed by atoms with E-state index in [2.05, 4.69) is 0 Å². The Morgan fingerprint density at radius 2 is 1.69 bits per heavy atom. The lowest BCUT2D eigenvalue weighted by atomic mass is 9.78. The van der Waals surface area contributed by atoms with Gasteiger partial charge in [-0.05, 0) is 39.2 Å². The molecule has 2 aliphatic rings. The average molecular weight is 362 g/mol. The Balaban J connectivity index is 1.95. The van der Waals surface area contributed by atoms with E-state index in [1.165, 1.54) is 12.1 Å². The highest BCUT2D eigenvalue weighted by molar-refractivity contribution is 6.62. The minimum atomic E-state index is -0.767. The number of nitro benzene ring substituents is 1. The molecule has 2 saturated heterocycles. The summed E-state index contributed by atoms with van der Waals surface area (Å²) in [4.78, 5) is 25.2. The monoisotopic (exact) mass is 362 g/mol. The van der Waals surface area contributed by atoms with E-state index in [0.29, 0.717) is 31.8 Å². The van der Waals surface area contributed by atoms with Crippen molar-refractivity contribution < 1.29 is 23.8 Å². The summed E-state index contributed by atoms with van der Waals surface area (Å²) in [5, 5.41) is 11.4. The van der Waals surface area contributed by atoms with E-state index in [9.17, 15) is 14.9 Å². The van der Waals surface area contributed by atoms with Gasteiger partial charge in [-0.1, -0.05) is 0 Å². The van der Waals surface area contributed by atoms with E-state index in [4.69, 9.17) is 14.0 Å². The molecule has 1 aromatic rings. The molecule has 0 N–H and O–H groups in total. The smallest absolute Gasteiger partial charge is 0.399 e. The molecule has 2 aliphatic heterocycles. The number of non-ortho nitro benzene ring substituents is 1. The molecule has 1 amide bonds. The van der Waals surface area contributed by atoms with Crippen LogP contribution >= 0.6 is 0 Å². The van der Waals surface area contributed by atoms with Gasteiger partial charge in [-0.25, -0.2) is 0 Å².